The lowest BCUT2D eigenvalue weighted by Gasteiger charge is -2.28. The lowest BCUT2D eigenvalue weighted by atomic mass is 10.2. The summed E-state index contributed by atoms with van der Waals surface area (Å²) in [7, 11) is 0. The minimum Gasteiger partial charge on any atom is -0.378 e. The van der Waals surface area contributed by atoms with Gasteiger partial charge in [0.05, 0.1) is 13.2 Å². The van der Waals surface area contributed by atoms with Gasteiger partial charge in [-0.2, -0.15) is 0 Å². The Morgan fingerprint density at radius 1 is 0.963 bits per heavy atom. The fourth-order valence-electron chi connectivity index (χ4n) is 2.99. The molecule has 1 aliphatic heterocycles. The van der Waals surface area contributed by atoms with Gasteiger partial charge >= 0.3 is 0 Å². The molecule has 2 heterocycles. The molecule has 0 amide bonds. The largest absolute Gasteiger partial charge is 0.378 e. The van der Waals surface area contributed by atoms with Gasteiger partial charge in [-0.05, 0) is 30.5 Å². The number of morpholine rings is 1. The van der Waals surface area contributed by atoms with Gasteiger partial charge in [-0.1, -0.05) is 30.3 Å². The maximum absolute atomic E-state index is 5.48. The molecule has 1 aromatic heterocycles. The van der Waals surface area contributed by atoms with E-state index in [9.17, 15) is 0 Å². The number of nitrogens with zero attached hydrogens (tertiary/aromatic N) is 3. The van der Waals surface area contributed by atoms with Crippen molar-refractivity contribution in [2.45, 2.75) is 4.90 Å². The summed E-state index contributed by atoms with van der Waals surface area (Å²) in [5.74, 6) is 2.44. The molecular weight excluding hydrogens is 356 g/mol. The van der Waals surface area contributed by atoms with Crippen molar-refractivity contribution < 1.29 is 4.74 Å². The van der Waals surface area contributed by atoms with Gasteiger partial charge in [0.25, 0.3) is 0 Å². The SMILES string of the molecule is CSc1ccc(Nc2cc(N3CCOCC3)nc(-c3ccccc3)n2)cc1. The van der Waals surface area contributed by atoms with Gasteiger partial charge in [0, 0.05) is 35.3 Å². The molecule has 3 aromatic rings. The molecule has 1 fully saturated rings. The van der Waals surface area contributed by atoms with E-state index < -0.39 is 0 Å². The van der Waals surface area contributed by atoms with E-state index in [-0.39, 0.29) is 0 Å². The van der Waals surface area contributed by atoms with E-state index in [0.29, 0.717) is 0 Å². The number of hydrogen-bond donors (Lipinski definition) is 1. The molecule has 0 unspecified atom stereocenters. The highest BCUT2D eigenvalue weighted by molar-refractivity contribution is 7.98. The van der Waals surface area contributed by atoms with Gasteiger partial charge < -0.3 is 15.0 Å². The van der Waals surface area contributed by atoms with Crippen molar-refractivity contribution in [3.8, 4) is 11.4 Å². The normalized spacial score (nSPS) is 14.2. The van der Waals surface area contributed by atoms with Crippen LogP contribution in [0.25, 0.3) is 11.4 Å². The number of nitrogens with one attached hydrogen (secondary N) is 1. The first kappa shape index (κ1) is 17.8. The lowest BCUT2D eigenvalue weighted by Crippen LogP contribution is -2.36. The van der Waals surface area contributed by atoms with Crippen LogP contribution in [-0.2, 0) is 4.74 Å². The smallest absolute Gasteiger partial charge is 0.163 e. The number of benzene rings is 2. The first-order chi connectivity index (χ1) is 13.3. The zero-order valence-electron chi connectivity index (χ0n) is 15.3. The van der Waals surface area contributed by atoms with Crippen LogP contribution in [0.3, 0.4) is 0 Å². The summed E-state index contributed by atoms with van der Waals surface area (Å²) in [4.78, 5) is 13.1. The maximum atomic E-state index is 5.48. The highest BCUT2D eigenvalue weighted by Gasteiger charge is 2.16. The van der Waals surface area contributed by atoms with Crippen LogP contribution >= 0.6 is 11.8 Å². The Balaban J connectivity index is 1.68. The number of aromatic nitrogens is 2. The Kier molecular flexibility index (Phi) is 5.55. The number of rotatable bonds is 5. The van der Waals surface area contributed by atoms with Crippen LogP contribution in [0.2, 0.25) is 0 Å². The monoisotopic (exact) mass is 378 g/mol. The summed E-state index contributed by atoms with van der Waals surface area (Å²) < 4.78 is 5.48. The van der Waals surface area contributed by atoms with Crippen LogP contribution < -0.4 is 10.2 Å². The van der Waals surface area contributed by atoms with E-state index in [1.54, 1.807) is 11.8 Å². The highest BCUT2D eigenvalue weighted by atomic mass is 32.2. The molecule has 0 atom stereocenters. The molecular formula is C21H22N4OS. The highest BCUT2D eigenvalue weighted by Crippen LogP contribution is 2.26. The van der Waals surface area contributed by atoms with E-state index in [4.69, 9.17) is 14.7 Å². The van der Waals surface area contributed by atoms with E-state index in [0.717, 1.165) is 55.0 Å². The second-order valence-electron chi connectivity index (χ2n) is 6.25. The number of anilines is 3. The van der Waals surface area contributed by atoms with Crippen LogP contribution in [0, 0.1) is 0 Å². The molecule has 4 rings (SSSR count). The molecule has 6 heteroatoms. The maximum Gasteiger partial charge on any atom is 0.163 e. The fourth-order valence-corrected chi connectivity index (χ4v) is 3.40. The van der Waals surface area contributed by atoms with E-state index in [2.05, 4.69) is 40.7 Å². The molecule has 0 saturated carbocycles. The minimum atomic E-state index is 0.725. The number of hydrogen-bond acceptors (Lipinski definition) is 6. The molecule has 138 valence electrons. The fraction of sp³-hybridized carbons (Fsp3) is 0.238. The average molecular weight is 379 g/mol. The predicted octanol–water partition coefficient (Wildman–Crippen LogP) is 4.45. The van der Waals surface area contributed by atoms with Crippen molar-refractivity contribution in [1.82, 2.24) is 9.97 Å². The number of thioether (sulfide) groups is 1. The third-order valence-corrected chi connectivity index (χ3v) is 5.19. The Labute approximate surface area is 163 Å². The van der Waals surface area contributed by atoms with Crippen molar-refractivity contribution in [2.75, 3.05) is 42.8 Å². The summed E-state index contributed by atoms with van der Waals surface area (Å²) >= 11 is 1.73. The van der Waals surface area contributed by atoms with Crippen molar-refractivity contribution >= 4 is 29.1 Å². The summed E-state index contributed by atoms with van der Waals surface area (Å²) in [6, 6.07) is 20.5. The Morgan fingerprint density at radius 2 is 1.70 bits per heavy atom. The van der Waals surface area contributed by atoms with Crippen molar-refractivity contribution in [1.29, 1.82) is 0 Å². The van der Waals surface area contributed by atoms with E-state index in [1.165, 1.54) is 4.90 Å². The van der Waals surface area contributed by atoms with Crippen LogP contribution in [0.5, 0.6) is 0 Å². The molecule has 5 nitrogen and oxygen atoms in total. The second kappa shape index (κ2) is 8.41. The number of ether oxygens (including phenoxy) is 1. The second-order valence-corrected chi connectivity index (χ2v) is 7.13. The third kappa shape index (κ3) is 4.40. The first-order valence-electron chi connectivity index (χ1n) is 9.00. The average Bonchev–Trinajstić information content (AvgIpc) is 2.75. The molecule has 27 heavy (non-hydrogen) atoms. The predicted molar refractivity (Wildman–Crippen MR) is 112 cm³/mol. The Morgan fingerprint density at radius 3 is 2.41 bits per heavy atom. The van der Waals surface area contributed by atoms with Gasteiger partial charge in [-0.3, -0.25) is 0 Å². The van der Waals surface area contributed by atoms with Crippen molar-refractivity contribution in [2.24, 2.45) is 0 Å². The molecule has 1 aliphatic rings. The first-order valence-corrected chi connectivity index (χ1v) is 10.2. The van der Waals surface area contributed by atoms with Crippen LogP contribution in [-0.4, -0.2) is 42.5 Å². The molecule has 2 aromatic carbocycles. The van der Waals surface area contributed by atoms with Crippen LogP contribution in [0.4, 0.5) is 17.3 Å². The lowest BCUT2D eigenvalue weighted by molar-refractivity contribution is 0.122. The van der Waals surface area contributed by atoms with E-state index >= 15 is 0 Å². The zero-order valence-corrected chi connectivity index (χ0v) is 16.1. The van der Waals surface area contributed by atoms with Crippen molar-refractivity contribution in [3.63, 3.8) is 0 Å². The molecule has 1 N–H and O–H groups in total. The Hall–Kier alpha value is -2.57. The van der Waals surface area contributed by atoms with Gasteiger partial charge in [0.2, 0.25) is 0 Å². The quantitative estimate of drug-likeness (QED) is 0.662. The topological polar surface area (TPSA) is 50.3 Å². The summed E-state index contributed by atoms with van der Waals surface area (Å²) in [5, 5.41) is 3.43. The Bertz CT molecular complexity index is 880. The third-order valence-electron chi connectivity index (χ3n) is 4.44. The van der Waals surface area contributed by atoms with Gasteiger partial charge in [-0.15, -0.1) is 11.8 Å². The minimum absolute atomic E-state index is 0.725. The van der Waals surface area contributed by atoms with Gasteiger partial charge in [0.15, 0.2) is 5.82 Å². The standard InChI is InChI=1S/C21H22N4OS/c1-27-18-9-7-17(8-10-18)22-19-15-20(25-11-13-26-14-12-25)24-21(23-19)16-5-3-2-4-6-16/h2-10,15H,11-14H2,1H3,(H,22,23,24). The molecule has 0 aliphatic carbocycles. The molecule has 0 radical (unpaired) electrons. The summed E-state index contributed by atoms with van der Waals surface area (Å²) in [6.45, 7) is 3.13. The van der Waals surface area contributed by atoms with E-state index in [1.807, 2.05) is 36.4 Å². The summed E-state index contributed by atoms with van der Waals surface area (Å²) in [6.07, 6.45) is 2.08. The van der Waals surface area contributed by atoms with Gasteiger partial charge in [-0.25, -0.2) is 9.97 Å². The zero-order chi connectivity index (χ0) is 18.5. The van der Waals surface area contributed by atoms with Crippen molar-refractivity contribution in [3.05, 3.63) is 60.7 Å². The van der Waals surface area contributed by atoms with Crippen LogP contribution in [0.15, 0.2) is 65.6 Å². The molecule has 0 spiro atoms. The van der Waals surface area contributed by atoms with Gasteiger partial charge in [0.1, 0.15) is 11.6 Å². The van der Waals surface area contributed by atoms with Crippen LogP contribution in [0.1, 0.15) is 0 Å². The summed E-state index contributed by atoms with van der Waals surface area (Å²) in [5.41, 5.74) is 2.02. The molecule has 0 bridgehead atoms. The molecule has 1 saturated heterocycles.